The maximum Gasteiger partial charge on any atom is 0.248 e. The van der Waals surface area contributed by atoms with Crippen molar-refractivity contribution in [3.8, 4) is 11.4 Å². The van der Waals surface area contributed by atoms with Crippen LogP contribution in [0.2, 0.25) is 5.02 Å². The number of benzene rings is 1. The molecule has 1 aromatic heterocycles. The van der Waals surface area contributed by atoms with Crippen LogP contribution in [0.25, 0.3) is 11.4 Å². The molecule has 2 aromatic rings. The van der Waals surface area contributed by atoms with Crippen molar-refractivity contribution >= 4 is 41.5 Å². The number of aliphatic imine (C=N–C) groups is 1. The second-order valence-electron chi connectivity index (χ2n) is 4.64. The van der Waals surface area contributed by atoms with Crippen LogP contribution in [0.1, 0.15) is 26.2 Å². The number of rotatable bonds is 6. The highest BCUT2D eigenvalue weighted by atomic mass is 127. The Balaban J connectivity index is 0.00000264. The fourth-order valence-corrected chi connectivity index (χ4v) is 1.99. The maximum absolute atomic E-state index is 5.96. The molecule has 0 bridgehead atoms. The molecule has 0 aliphatic carbocycles. The molecule has 0 saturated carbocycles. The number of hydrogen-bond acceptors (Lipinski definition) is 4. The van der Waals surface area contributed by atoms with E-state index in [2.05, 4.69) is 32.7 Å². The van der Waals surface area contributed by atoms with E-state index < -0.39 is 0 Å². The smallest absolute Gasteiger partial charge is 0.248 e. The Hall–Kier alpha value is -1.35. The van der Waals surface area contributed by atoms with Gasteiger partial charge in [-0.15, -0.1) is 24.0 Å². The Labute approximate surface area is 158 Å². The lowest BCUT2D eigenvalue weighted by molar-refractivity contribution is 0.380. The Morgan fingerprint density at radius 2 is 2.13 bits per heavy atom. The lowest BCUT2D eigenvalue weighted by Crippen LogP contribution is -2.37. The van der Waals surface area contributed by atoms with Gasteiger partial charge >= 0.3 is 0 Å². The van der Waals surface area contributed by atoms with E-state index in [0.29, 0.717) is 23.3 Å². The van der Waals surface area contributed by atoms with Gasteiger partial charge in [-0.3, -0.25) is 0 Å². The molecule has 0 spiro atoms. The SMILES string of the molecule is CCCNC(=NCc1nc(-c2cccc(Cl)c2)no1)NCC.I. The van der Waals surface area contributed by atoms with Gasteiger partial charge in [0.15, 0.2) is 5.96 Å². The summed E-state index contributed by atoms with van der Waals surface area (Å²) in [4.78, 5) is 8.75. The van der Waals surface area contributed by atoms with Crippen LogP contribution in [0, 0.1) is 0 Å². The van der Waals surface area contributed by atoms with E-state index in [9.17, 15) is 0 Å². The summed E-state index contributed by atoms with van der Waals surface area (Å²) in [6, 6.07) is 7.34. The monoisotopic (exact) mass is 449 g/mol. The minimum atomic E-state index is 0. The molecule has 0 aliphatic heterocycles. The number of nitrogens with zero attached hydrogens (tertiary/aromatic N) is 3. The van der Waals surface area contributed by atoms with E-state index in [1.807, 2.05) is 19.1 Å². The number of nitrogens with one attached hydrogen (secondary N) is 2. The van der Waals surface area contributed by atoms with E-state index in [-0.39, 0.29) is 24.0 Å². The van der Waals surface area contributed by atoms with Crippen LogP contribution >= 0.6 is 35.6 Å². The largest absolute Gasteiger partial charge is 0.357 e. The van der Waals surface area contributed by atoms with Crippen molar-refractivity contribution in [3.05, 3.63) is 35.2 Å². The summed E-state index contributed by atoms with van der Waals surface area (Å²) >= 11 is 5.96. The Kier molecular flexibility index (Phi) is 8.93. The standard InChI is InChI=1S/C15H20ClN5O.HI/c1-3-8-18-15(17-4-2)19-10-13-20-14(21-22-13)11-6-5-7-12(16)9-11;/h5-7,9H,3-4,8,10H2,1-2H3,(H2,17,18,19);1H. The first-order valence-corrected chi connectivity index (χ1v) is 7.71. The average Bonchev–Trinajstić information content (AvgIpc) is 2.99. The number of aromatic nitrogens is 2. The number of halogens is 2. The van der Waals surface area contributed by atoms with Gasteiger partial charge in [-0.05, 0) is 25.5 Å². The van der Waals surface area contributed by atoms with Crippen molar-refractivity contribution in [2.45, 2.75) is 26.8 Å². The predicted octanol–water partition coefficient (Wildman–Crippen LogP) is 3.47. The molecule has 126 valence electrons. The fraction of sp³-hybridized carbons (Fsp3) is 0.400. The molecule has 23 heavy (non-hydrogen) atoms. The first kappa shape index (κ1) is 19.7. The molecule has 0 atom stereocenters. The minimum absolute atomic E-state index is 0. The molecule has 6 nitrogen and oxygen atoms in total. The Bertz CT molecular complexity index is 632. The molecular formula is C15H21ClIN5O. The van der Waals surface area contributed by atoms with Crippen LogP contribution in [0.4, 0.5) is 0 Å². The summed E-state index contributed by atoms with van der Waals surface area (Å²) < 4.78 is 5.23. The van der Waals surface area contributed by atoms with Gasteiger partial charge in [0.2, 0.25) is 11.7 Å². The highest BCUT2D eigenvalue weighted by Gasteiger charge is 2.08. The van der Waals surface area contributed by atoms with Gasteiger partial charge in [0.25, 0.3) is 0 Å². The molecule has 0 amide bonds. The van der Waals surface area contributed by atoms with E-state index >= 15 is 0 Å². The maximum atomic E-state index is 5.96. The van der Waals surface area contributed by atoms with Crippen LogP contribution < -0.4 is 10.6 Å². The molecule has 0 aliphatic rings. The van der Waals surface area contributed by atoms with Gasteiger partial charge in [-0.1, -0.05) is 35.8 Å². The van der Waals surface area contributed by atoms with Crippen molar-refractivity contribution < 1.29 is 4.52 Å². The second kappa shape index (κ2) is 10.4. The predicted molar refractivity (Wildman–Crippen MR) is 103 cm³/mol. The van der Waals surface area contributed by atoms with Crippen molar-refractivity contribution in [1.82, 2.24) is 20.8 Å². The van der Waals surface area contributed by atoms with Crippen LogP contribution in [-0.2, 0) is 6.54 Å². The minimum Gasteiger partial charge on any atom is -0.357 e. The molecule has 8 heteroatoms. The second-order valence-corrected chi connectivity index (χ2v) is 5.08. The van der Waals surface area contributed by atoms with Gasteiger partial charge in [0.05, 0.1) is 0 Å². The highest BCUT2D eigenvalue weighted by molar-refractivity contribution is 14.0. The normalized spacial score (nSPS) is 11.0. The van der Waals surface area contributed by atoms with Crippen LogP contribution in [0.5, 0.6) is 0 Å². The summed E-state index contributed by atoms with van der Waals surface area (Å²) in [5, 5.41) is 11.0. The van der Waals surface area contributed by atoms with Gasteiger partial charge < -0.3 is 15.2 Å². The molecule has 2 rings (SSSR count). The fourth-order valence-electron chi connectivity index (χ4n) is 1.80. The average molecular weight is 450 g/mol. The molecule has 0 unspecified atom stereocenters. The van der Waals surface area contributed by atoms with Crippen molar-refractivity contribution in [1.29, 1.82) is 0 Å². The first-order chi connectivity index (χ1) is 10.7. The van der Waals surface area contributed by atoms with Crippen molar-refractivity contribution in [2.24, 2.45) is 4.99 Å². The molecule has 1 aromatic carbocycles. The topological polar surface area (TPSA) is 75.3 Å². The zero-order chi connectivity index (χ0) is 15.8. The summed E-state index contributed by atoms with van der Waals surface area (Å²) in [6.07, 6.45) is 1.03. The van der Waals surface area contributed by atoms with Crippen molar-refractivity contribution in [2.75, 3.05) is 13.1 Å². The zero-order valence-corrected chi connectivity index (χ0v) is 16.3. The van der Waals surface area contributed by atoms with E-state index in [4.69, 9.17) is 16.1 Å². The molecule has 0 saturated heterocycles. The number of hydrogen-bond donors (Lipinski definition) is 2. The third kappa shape index (κ3) is 6.34. The first-order valence-electron chi connectivity index (χ1n) is 7.33. The molecule has 2 N–H and O–H groups in total. The quantitative estimate of drug-likeness (QED) is 0.401. The lowest BCUT2D eigenvalue weighted by Gasteiger charge is -2.09. The lowest BCUT2D eigenvalue weighted by atomic mass is 10.2. The summed E-state index contributed by atoms with van der Waals surface area (Å²) in [7, 11) is 0. The van der Waals surface area contributed by atoms with Crippen LogP contribution in [-0.4, -0.2) is 29.2 Å². The van der Waals surface area contributed by atoms with Gasteiger partial charge in [0.1, 0.15) is 6.54 Å². The van der Waals surface area contributed by atoms with Crippen LogP contribution in [0.15, 0.2) is 33.8 Å². The third-order valence-electron chi connectivity index (χ3n) is 2.81. The molecule has 0 radical (unpaired) electrons. The summed E-state index contributed by atoms with van der Waals surface area (Å²) in [5.74, 6) is 1.72. The Morgan fingerprint density at radius 3 is 2.83 bits per heavy atom. The molecule has 1 heterocycles. The van der Waals surface area contributed by atoms with Crippen molar-refractivity contribution in [3.63, 3.8) is 0 Å². The highest BCUT2D eigenvalue weighted by Crippen LogP contribution is 2.19. The third-order valence-corrected chi connectivity index (χ3v) is 3.05. The van der Waals surface area contributed by atoms with Crippen LogP contribution in [0.3, 0.4) is 0 Å². The Morgan fingerprint density at radius 1 is 1.30 bits per heavy atom. The van der Waals surface area contributed by atoms with Gasteiger partial charge in [0, 0.05) is 23.7 Å². The van der Waals surface area contributed by atoms with Gasteiger partial charge in [-0.25, -0.2) is 4.99 Å². The zero-order valence-electron chi connectivity index (χ0n) is 13.2. The van der Waals surface area contributed by atoms with E-state index in [0.717, 1.165) is 31.0 Å². The van der Waals surface area contributed by atoms with E-state index in [1.54, 1.807) is 12.1 Å². The molecule has 0 fully saturated rings. The number of guanidine groups is 1. The van der Waals surface area contributed by atoms with Gasteiger partial charge in [-0.2, -0.15) is 4.98 Å². The van der Waals surface area contributed by atoms with E-state index in [1.165, 1.54) is 0 Å². The molecular weight excluding hydrogens is 429 g/mol. The summed E-state index contributed by atoms with van der Waals surface area (Å²) in [6.45, 7) is 6.11. The summed E-state index contributed by atoms with van der Waals surface area (Å²) in [5.41, 5.74) is 0.822.